The van der Waals surface area contributed by atoms with Gasteiger partial charge in [0.15, 0.2) is 0 Å². The summed E-state index contributed by atoms with van der Waals surface area (Å²) in [5, 5.41) is 10.2. The van der Waals surface area contributed by atoms with Crippen LogP contribution in [0.4, 0.5) is 0 Å². The van der Waals surface area contributed by atoms with Gasteiger partial charge in [-0.3, -0.25) is 0 Å². The summed E-state index contributed by atoms with van der Waals surface area (Å²) < 4.78 is 0. The van der Waals surface area contributed by atoms with Crippen LogP contribution >= 0.6 is 0 Å². The van der Waals surface area contributed by atoms with Gasteiger partial charge in [-0.1, -0.05) is 220 Å². The van der Waals surface area contributed by atoms with E-state index in [4.69, 9.17) is 0 Å². The van der Waals surface area contributed by atoms with Crippen molar-refractivity contribution in [2.45, 2.75) is 24.7 Å². The normalized spacial score (nSPS) is 14.3. The van der Waals surface area contributed by atoms with Gasteiger partial charge in [-0.25, -0.2) is 0 Å². The zero-order chi connectivity index (χ0) is 44.9. The Balaban J connectivity index is 0.936. The minimum absolute atomic E-state index is 0.0787. The summed E-state index contributed by atoms with van der Waals surface area (Å²) >= 11 is 0. The van der Waals surface area contributed by atoms with E-state index in [1.807, 2.05) is 0 Å². The molecule has 0 aliphatic heterocycles. The lowest BCUT2D eigenvalue weighted by atomic mass is 9.69. The van der Waals surface area contributed by atoms with Crippen molar-refractivity contribution < 1.29 is 0 Å². The van der Waals surface area contributed by atoms with Crippen molar-refractivity contribution in [2.75, 3.05) is 0 Å². The highest BCUT2D eigenvalue weighted by Gasteiger charge is 2.52. The second-order valence-electron chi connectivity index (χ2n) is 19.8. The summed E-state index contributed by atoms with van der Waals surface area (Å²) in [6.45, 7) is 4.75. The summed E-state index contributed by atoms with van der Waals surface area (Å²) in [5.41, 5.74) is 23.3. The second kappa shape index (κ2) is 13.6. The fourth-order valence-electron chi connectivity index (χ4n) is 13.3. The van der Waals surface area contributed by atoms with Crippen molar-refractivity contribution >= 4 is 43.1 Å². The Kier molecular flexibility index (Phi) is 7.59. The first kappa shape index (κ1) is 37.9. The molecule has 0 heteroatoms. The minimum atomic E-state index is -0.460. The molecule has 0 radical (unpaired) electrons. The van der Waals surface area contributed by atoms with E-state index in [1.54, 1.807) is 0 Å². The Morgan fingerprint density at radius 2 is 0.662 bits per heavy atom. The quantitative estimate of drug-likeness (QED) is 0.155. The minimum Gasteiger partial charge on any atom is -0.0619 e. The monoisotopic (exact) mass is 860 g/mol. The maximum atomic E-state index is 2.56. The third kappa shape index (κ3) is 4.84. The van der Waals surface area contributed by atoms with Crippen LogP contribution in [0.15, 0.2) is 231 Å². The van der Waals surface area contributed by atoms with Crippen LogP contribution in [0, 0.1) is 0 Å². The molecular weight excluding hydrogens is 817 g/mol. The molecule has 3 aliphatic rings. The predicted molar refractivity (Wildman–Crippen MR) is 287 cm³/mol. The first-order valence-corrected chi connectivity index (χ1v) is 24.1. The highest BCUT2D eigenvalue weighted by molar-refractivity contribution is 6.22. The molecule has 12 aromatic rings. The average Bonchev–Trinajstić information content (AvgIpc) is 3.94. The average molecular weight is 861 g/mol. The van der Waals surface area contributed by atoms with Crippen molar-refractivity contribution in [1.82, 2.24) is 0 Å². The third-order valence-corrected chi connectivity index (χ3v) is 16.2. The van der Waals surface area contributed by atoms with Crippen LogP contribution in [-0.2, 0) is 10.8 Å². The van der Waals surface area contributed by atoms with Crippen LogP contribution in [-0.4, -0.2) is 0 Å². The Morgan fingerprint density at radius 3 is 1.26 bits per heavy atom. The number of fused-ring (bicyclic) bond motifs is 18. The van der Waals surface area contributed by atoms with E-state index in [9.17, 15) is 0 Å². The Morgan fingerprint density at radius 1 is 0.235 bits per heavy atom. The molecule has 68 heavy (non-hydrogen) atoms. The zero-order valence-corrected chi connectivity index (χ0v) is 37.9. The number of rotatable bonds is 3. The molecule has 0 amide bonds. The maximum absolute atomic E-state index is 2.56. The molecule has 1 spiro atoms. The van der Waals surface area contributed by atoms with E-state index < -0.39 is 5.41 Å². The van der Waals surface area contributed by atoms with E-state index in [1.165, 1.54) is 143 Å². The first-order valence-electron chi connectivity index (χ1n) is 24.1. The van der Waals surface area contributed by atoms with Gasteiger partial charge in [0.05, 0.1) is 5.41 Å². The van der Waals surface area contributed by atoms with Crippen LogP contribution in [0.3, 0.4) is 0 Å². The van der Waals surface area contributed by atoms with E-state index in [0.717, 1.165) is 0 Å². The molecule has 0 nitrogen and oxygen atoms in total. The fourth-order valence-corrected chi connectivity index (χ4v) is 13.3. The molecule has 0 bridgehead atoms. The molecule has 3 aliphatic carbocycles. The fraction of sp³-hybridized carbons (Fsp3) is 0.0588. The van der Waals surface area contributed by atoms with Gasteiger partial charge in [0, 0.05) is 5.41 Å². The van der Waals surface area contributed by atoms with Crippen LogP contribution in [0.5, 0.6) is 0 Å². The number of hydrogen-bond donors (Lipinski definition) is 0. The van der Waals surface area contributed by atoms with Gasteiger partial charge in [0.2, 0.25) is 0 Å². The maximum Gasteiger partial charge on any atom is 0.0726 e. The van der Waals surface area contributed by atoms with Gasteiger partial charge in [-0.15, -0.1) is 0 Å². The summed E-state index contributed by atoms with van der Waals surface area (Å²) in [6.07, 6.45) is 0. The molecule has 12 aromatic carbocycles. The van der Waals surface area contributed by atoms with Gasteiger partial charge in [0.25, 0.3) is 0 Å². The molecular formula is C68H44. The van der Waals surface area contributed by atoms with E-state index >= 15 is 0 Å². The standard InChI is InChI=1S/C68H44/c1-67(2)58-28-14-11-20-47(58)50-36-35-45(39-61(50)67)65-54-26-9-7-24-52(54)64(53-25-8-10-27-55(53)65)42-33-31-41(32-34-42)56-40-63-66(51-23-6-5-19-46(51)56)57-37-43-17-3-4-18-44(43)38-62(57)68(63)59-29-15-12-21-48(59)49-22-13-16-30-60(49)68/h3-40H,1-2H3. The summed E-state index contributed by atoms with van der Waals surface area (Å²) in [4.78, 5) is 0. The van der Waals surface area contributed by atoms with E-state index in [-0.39, 0.29) is 5.41 Å². The Labute approximate surface area is 396 Å². The van der Waals surface area contributed by atoms with Crippen molar-refractivity contribution in [3.05, 3.63) is 264 Å². The summed E-state index contributed by atoms with van der Waals surface area (Å²) in [5.74, 6) is 0. The molecule has 0 saturated heterocycles. The molecule has 316 valence electrons. The largest absolute Gasteiger partial charge is 0.0726 e. The molecule has 0 saturated carbocycles. The van der Waals surface area contributed by atoms with Gasteiger partial charge in [0.1, 0.15) is 0 Å². The third-order valence-electron chi connectivity index (χ3n) is 16.2. The van der Waals surface area contributed by atoms with Crippen molar-refractivity contribution in [2.24, 2.45) is 0 Å². The lowest BCUT2D eigenvalue weighted by Gasteiger charge is -2.31. The molecule has 0 aromatic heterocycles. The van der Waals surface area contributed by atoms with Crippen molar-refractivity contribution in [1.29, 1.82) is 0 Å². The van der Waals surface area contributed by atoms with E-state index in [0.29, 0.717) is 0 Å². The lowest BCUT2D eigenvalue weighted by molar-refractivity contribution is 0.660. The number of hydrogen-bond acceptors (Lipinski definition) is 0. The van der Waals surface area contributed by atoms with E-state index in [2.05, 4.69) is 244 Å². The molecule has 0 atom stereocenters. The number of benzene rings is 12. The topological polar surface area (TPSA) is 0 Å². The summed E-state index contributed by atoms with van der Waals surface area (Å²) in [6, 6.07) is 87.6. The molecule has 0 N–H and O–H groups in total. The first-order chi connectivity index (χ1) is 33.5. The van der Waals surface area contributed by atoms with Crippen LogP contribution in [0.25, 0.3) is 110 Å². The Hall–Kier alpha value is -8.32. The Bertz CT molecular complexity index is 4060. The lowest BCUT2D eigenvalue weighted by Crippen LogP contribution is -2.26. The highest BCUT2D eigenvalue weighted by atomic mass is 14.5. The SMILES string of the molecule is CC1(C)c2ccccc2-c2ccc(-c3c4ccccc4c(-c4ccc(-c5cc6c(c7ccccc57)-c5cc7ccccc7cc5C65c6ccccc6-c6ccccc65)cc4)c4ccccc34)cc21. The van der Waals surface area contributed by atoms with Gasteiger partial charge >= 0.3 is 0 Å². The van der Waals surface area contributed by atoms with Gasteiger partial charge in [-0.05, 0) is 167 Å². The van der Waals surface area contributed by atoms with Crippen LogP contribution < -0.4 is 0 Å². The van der Waals surface area contributed by atoms with Crippen LogP contribution in [0.2, 0.25) is 0 Å². The molecule has 0 heterocycles. The van der Waals surface area contributed by atoms with Crippen molar-refractivity contribution in [3.63, 3.8) is 0 Å². The summed E-state index contributed by atoms with van der Waals surface area (Å²) in [7, 11) is 0. The molecule has 0 fully saturated rings. The highest BCUT2D eigenvalue weighted by Crippen LogP contribution is 2.65. The zero-order valence-electron chi connectivity index (χ0n) is 37.9. The van der Waals surface area contributed by atoms with Crippen molar-refractivity contribution in [3.8, 4) is 66.8 Å². The van der Waals surface area contributed by atoms with Gasteiger partial charge < -0.3 is 0 Å². The molecule has 15 rings (SSSR count). The second-order valence-corrected chi connectivity index (χ2v) is 19.8. The smallest absolute Gasteiger partial charge is 0.0619 e. The molecule has 0 unspecified atom stereocenters. The van der Waals surface area contributed by atoms with Gasteiger partial charge in [-0.2, -0.15) is 0 Å². The van der Waals surface area contributed by atoms with Crippen LogP contribution in [0.1, 0.15) is 47.2 Å². The predicted octanol–water partition coefficient (Wildman–Crippen LogP) is 18.0.